The first-order valence-electron chi connectivity index (χ1n) is 6.59. The molecule has 0 N–H and O–H groups in total. The minimum absolute atomic E-state index is 0. The lowest BCUT2D eigenvalue weighted by Gasteiger charge is -2.09. The molecule has 0 atom stereocenters. The maximum Gasteiger partial charge on any atom is 0.414 e. The molecule has 1 heterocycles. The Morgan fingerprint density at radius 3 is 2.41 bits per heavy atom. The average Bonchev–Trinajstić information content (AvgIpc) is 2.48. The topological polar surface area (TPSA) is 42.6 Å². The van der Waals surface area contributed by atoms with Gasteiger partial charge in [0, 0.05) is 25.7 Å². The largest absolute Gasteiger partial charge is 1.00 e. The van der Waals surface area contributed by atoms with Gasteiger partial charge in [0.2, 0.25) is 6.20 Å². The van der Waals surface area contributed by atoms with E-state index in [2.05, 4.69) is 0 Å². The fourth-order valence-electron chi connectivity index (χ4n) is 1.79. The van der Waals surface area contributed by atoms with Gasteiger partial charge in [0.05, 0.1) is 7.11 Å². The Morgan fingerprint density at radius 1 is 1.14 bits per heavy atom. The van der Waals surface area contributed by atoms with Crippen LogP contribution in [0.1, 0.15) is 5.56 Å². The maximum absolute atomic E-state index is 11.5. The van der Waals surface area contributed by atoms with Gasteiger partial charge in [0.1, 0.15) is 5.75 Å². The Kier molecular flexibility index (Phi) is 6.85. The number of carbonyl (C=O) groups excluding carboxylic acids is 1. The highest BCUT2D eigenvalue weighted by Gasteiger charge is 2.10. The molecule has 0 fully saturated rings. The summed E-state index contributed by atoms with van der Waals surface area (Å²) in [5.41, 5.74) is 1.14. The van der Waals surface area contributed by atoms with Gasteiger partial charge in [-0.15, -0.1) is 0 Å². The maximum atomic E-state index is 11.5. The molecule has 0 aliphatic heterocycles. The van der Waals surface area contributed by atoms with E-state index in [4.69, 9.17) is 9.47 Å². The Morgan fingerprint density at radius 2 is 1.82 bits per heavy atom. The molecule has 0 saturated carbocycles. The van der Waals surface area contributed by atoms with E-state index in [1.54, 1.807) is 33.5 Å². The lowest BCUT2D eigenvalue weighted by Crippen LogP contribution is -3.00. The van der Waals surface area contributed by atoms with E-state index in [-0.39, 0.29) is 17.0 Å². The summed E-state index contributed by atoms with van der Waals surface area (Å²) in [7, 11) is 4.94. The highest BCUT2D eigenvalue weighted by atomic mass is 79.9. The number of nitrogens with zero attached hydrogens (tertiary/aromatic N) is 2. The van der Waals surface area contributed by atoms with E-state index in [0.717, 1.165) is 11.3 Å². The van der Waals surface area contributed by atoms with E-state index < -0.39 is 6.09 Å². The fourth-order valence-corrected chi connectivity index (χ4v) is 1.79. The predicted octanol–water partition coefficient (Wildman–Crippen LogP) is -0.905. The summed E-state index contributed by atoms with van der Waals surface area (Å²) in [5.74, 6) is 1.35. The van der Waals surface area contributed by atoms with Crippen LogP contribution in [0.15, 0.2) is 48.8 Å². The quantitative estimate of drug-likeness (QED) is 0.658. The second-order valence-corrected chi connectivity index (χ2v) is 4.82. The summed E-state index contributed by atoms with van der Waals surface area (Å²) in [4.78, 5) is 12.9. The van der Waals surface area contributed by atoms with Gasteiger partial charge in [-0.1, -0.05) is 0 Å². The summed E-state index contributed by atoms with van der Waals surface area (Å²) in [6.45, 7) is 0.692. The van der Waals surface area contributed by atoms with Gasteiger partial charge in [0.15, 0.2) is 18.5 Å². The zero-order chi connectivity index (χ0) is 15.2. The normalized spacial score (nSPS) is 9.59. The van der Waals surface area contributed by atoms with Crippen LogP contribution >= 0.6 is 0 Å². The highest BCUT2D eigenvalue weighted by Crippen LogP contribution is 2.12. The van der Waals surface area contributed by atoms with Gasteiger partial charge in [-0.3, -0.25) is 0 Å². The van der Waals surface area contributed by atoms with Crippen LogP contribution in [0, 0.1) is 0 Å². The number of benzene rings is 1. The zero-order valence-corrected chi connectivity index (χ0v) is 14.4. The van der Waals surface area contributed by atoms with Gasteiger partial charge in [-0.25, -0.2) is 4.79 Å². The molecule has 0 aliphatic rings. The third-order valence-electron chi connectivity index (χ3n) is 2.93. The van der Waals surface area contributed by atoms with Crippen LogP contribution in [0.5, 0.6) is 11.5 Å². The summed E-state index contributed by atoms with van der Waals surface area (Å²) in [6.07, 6.45) is 3.33. The van der Waals surface area contributed by atoms with Crippen molar-refractivity contribution in [3.63, 3.8) is 0 Å². The molecule has 1 aromatic heterocycles. The smallest absolute Gasteiger partial charge is 0.414 e. The standard InChI is InChI=1S/C16H19N2O3.BrH/c1-17(2)16(19)21-15-5-4-10-18(12-15)11-13-6-8-14(20-3)9-7-13;/h4-10,12H,11H2,1-3H3;1H/q+1;/p-1. The lowest BCUT2D eigenvalue weighted by atomic mass is 10.2. The first-order chi connectivity index (χ1) is 10.1. The van der Waals surface area contributed by atoms with Crippen molar-refractivity contribution in [3.05, 3.63) is 54.4 Å². The van der Waals surface area contributed by atoms with E-state index in [0.29, 0.717) is 12.3 Å². The number of amides is 1. The fraction of sp³-hybridized carbons (Fsp3) is 0.250. The van der Waals surface area contributed by atoms with Crippen molar-refractivity contribution in [2.75, 3.05) is 21.2 Å². The van der Waals surface area contributed by atoms with Gasteiger partial charge < -0.3 is 31.4 Å². The molecule has 0 spiro atoms. The monoisotopic (exact) mass is 366 g/mol. The third kappa shape index (κ3) is 5.04. The molecule has 2 rings (SSSR count). The Labute approximate surface area is 140 Å². The van der Waals surface area contributed by atoms with Crippen LogP contribution in [0.2, 0.25) is 0 Å². The minimum Gasteiger partial charge on any atom is -1.00 e. The molecule has 6 heteroatoms. The molecule has 1 aromatic carbocycles. The molecule has 2 aromatic rings. The number of halogens is 1. The van der Waals surface area contributed by atoms with Crippen LogP contribution in [0.4, 0.5) is 4.79 Å². The Bertz CT molecular complexity index is 615. The number of aromatic nitrogens is 1. The van der Waals surface area contributed by atoms with Crippen LogP contribution in [-0.4, -0.2) is 32.2 Å². The van der Waals surface area contributed by atoms with Crippen molar-refractivity contribution < 1.29 is 35.8 Å². The number of hydrogen-bond donors (Lipinski definition) is 0. The van der Waals surface area contributed by atoms with Crippen molar-refractivity contribution in [1.29, 1.82) is 0 Å². The SMILES string of the molecule is COc1ccc(C[n+]2cccc(OC(=O)N(C)C)c2)cc1.[Br-]. The van der Waals surface area contributed by atoms with E-state index in [9.17, 15) is 4.79 Å². The van der Waals surface area contributed by atoms with Crippen LogP contribution in [-0.2, 0) is 6.54 Å². The van der Waals surface area contributed by atoms with Crippen molar-refractivity contribution in [2.24, 2.45) is 0 Å². The van der Waals surface area contributed by atoms with Crippen molar-refractivity contribution in [2.45, 2.75) is 6.54 Å². The summed E-state index contributed by atoms with van der Waals surface area (Å²) < 4.78 is 12.3. The van der Waals surface area contributed by atoms with E-state index in [1.165, 1.54) is 4.90 Å². The van der Waals surface area contributed by atoms with Crippen LogP contribution in [0.25, 0.3) is 0 Å². The van der Waals surface area contributed by atoms with E-state index >= 15 is 0 Å². The second kappa shape index (κ2) is 8.38. The number of ether oxygens (including phenoxy) is 2. The molecule has 22 heavy (non-hydrogen) atoms. The number of hydrogen-bond acceptors (Lipinski definition) is 3. The lowest BCUT2D eigenvalue weighted by molar-refractivity contribution is -0.688. The first kappa shape index (κ1) is 18.0. The van der Waals surface area contributed by atoms with Gasteiger partial charge in [-0.2, -0.15) is 4.57 Å². The van der Waals surface area contributed by atoms with Gasteiger partial charge >= 0.3 is 6.09 Å². The molecule has 0 bridgehead atoms. The van der Waals surface area contributed by atoms with Crippen LogP contribution < -0.4 is 31.0 Å². The number of pyridine rings is 1. The molecule has 0 saturated heterocycles. The van der Waals surface area contributed by atoms with E-state index in [1.807, 2.05) is 41.1 Å². The predicted molar refractivity (Wildman–Crippen MR) is 78.4 cm³/mol. The zero-order valence-electron chi connectivity index (χ0n) is 12.8. The van der Waals surface area contributed by atoms with Gasteiger partial charge in [0.25, 0.3) is 0 Å². The van der Waals surface area contributed by atoms with Crippen molar-refractivity contribution in [1.82, 2.24) is 4.90 Å². The Hall–Kier alpha value is -2.08. The second-order valence-electron chi connectivity index (χ2n) is 4.82. The van der Waals surface area contributed by atoms with Crippen molar-refractivity contribution in [3.8, 4) is 11.5 Å². The number of methoxy groups -OCH3 is 1. The molecule has 0 unspecified atom stereocenters. The molecular weight excluding hydrogens is 348 g/mol. The van der Waals surface area contributed by atoms with Gasteiger partial charge in [-0.05, 0) is 30.3 Å². The molecular formula is C16H19BrN2O3. The molecule has 118 valence electrons. The first-order valence-corrected chi connectivity index (χ1v) is 6.59. The minimum atomic E-state index is -0.391. The number of rotatable bonds is 4. The highest BCUT2D eigenvalue weighted by molar-refractivity contribution is 5.69. The number of carbonyl (C=O) groups is 1. The summed E-state index contributed by atoms with van der Waals surface area (Å²) >= 11 is 0. The third-order valence-corrected chi connectivity index (χ3v) is 2.93. The summed E-state index contributed by atoms with van der Waals surface area (Å²) in [5, 5.41) is 0. The van der Waals surface area contributed by atoms with Crippen molar-refractivity contribution >= 4 is 6.09 Å². The molecule has 1 amide bonds. The van der Waals surface area contributed by atoms with Crippen LogP contribution in [0.3, 0.4) is 0 Å². The molecule has 0 aliphatic carbocycles. The average molecular weight is 367 g/mol. The molecule has 5 nitrogen and oxygen atoms in total. The summed E-state index contributed by atoms with van der Waals surface area (Å²) in [6, 6.07) is 11.5. The molecule has 0 radical (unpaired) electrons. The Balaban J connectivity index is 0.00000242.